The second-order valence-corrected chi connectivity index (χ2v) is 7.70. The van der Waals surface area contributed by atoms with Gasteiger partial charge in [-0.15, -0.1) is 0 Å². The van der Waals surface area contributed by atoms with Crippen LogP contribution in [0.1, 0.15) is 5.56 Å². The van der Waals surface area contributed by atoms with Gasteiger partial charge in [0.05, 0.1) is 24.8 Å². The number of hydrogen-bond acceptors (Lipinski definition) is 7. The van der Waals surface area contributed by atoms with Crippen LogP contribution in [-0.2, 0) is 18.3 Å². The molecule has 0 aliphatic carbocycles. The Hall–Kier alpha value is -2.71. The summed E-state index contributed by atoms with van der Waals surface area (Å²) in [6.45, 7) is 8.05. The molecule has 0 bridgehead atoms. The van der Waals surface area contributed by atoms with Gasteiger partial charge in [0.15, 0.2) is 5.65 Å². The first kappa shape index (κ1) is 18.3. The van der Waals surface area contributed by atoms with Crippen molar-refractivity contribution >= 4 is 22.8 Å². The molecule has 2 aromatic heterocycles. The fourth-order valence-electron chi connectivity index (χ4n) is 4.10. The highest BCUT2D eigenvalue weighted by atomic mass is 16.5. The van der Waals surface area contributed by atoms with Gasteiger partial charge in [-0.05, 0) is 5.56 Å². The molecule has 0 N–H and O–H groups in total. The smallest absolute Gasteiger partial charge is 0.229 e. The Bertz CT molecular complexity index is 960. The fraction of sp³-hybridized carbons (Fsp3) is 0.476. The first-order chi connectivity index (χ1) is 14.3. The minimum absolute atomic E-state index is 0.735. The van der Waals surface area contributed by atoms with Crippen LogP contribution in [0.5, 0.6) is 0 Å². The third-order valence-corrected chi connectivity index (χ3v) is 5.77. The maximum absolute atomic E-state index is 5.52. The van der Waals surface area contributed by atoms with Gasteiger partial charge in [-0.2, -0.15) is 15.1 Å². The molecular formula is C21H27N7O. The lowest BCUT2D eigenvalue weighted by atomic mass is 10.2. The number of hydrogen-bond donors (Lipinski definition) is 0. The van der Waals surface area contributed by atoms with E-state index >= 15 is 0 Å². The van der Waals surface area contributed by atoms with Crippen molar-refractivity contribution in [3.05, 3.63) is 42.1 Å². The number of ether oxygens (including phenoxy) is 1. The highest BCUT2D eigenvalue weighted by Gasteiger charge is 2.24. The highest BCUT2D eigenvalue weighted by molar-refractivity contribution is 5.88. The van der Waals surface area contributed by atoms with Crippen LogP contribution in [0.25, 0.3) is 11.0 Å². The zero-order chi connectivity index (χ0) is 19.6. The van der Waals surface area contributed by atoms with Crippen LogP contribution in [0.3, 0.4) is 0 Å². The van der Waals surface area contributed by atoms with Crippen LogP contribution in [0.4, 0.5) is 11.8 Å². The number of fused-ring (bicyclic) bond motifs is 1. The number of nitrogens with zero attached hydrogens (tertiary/aromatic N) is 7. The summed E-state index contributed by atoms with van der Waals surface area (Å²) in [5, 5.41) is 5.44. The Morgan fingerprint density at radius 1 is 0.897 bits per heavy atom. The van der Waals surface area contributed by atoms with E-state index in [1.807, 2.05) is 17.9 Å². The average molecular weight is 393 g/mol. The SMILES string of the molecule is Cn1ncc2c(N3CCOCC3)nc(N3CCN(Cc4ccccc4)CC3)nc21. The molecular weight excluding hydrogens is 366 g/mol. The predicted molar refractivity (Wildman–Crippen MR) is 113 cm³/mol. The highest BCUT2D eigenvalue weighted by Crippen LogP contribution is 2.27. The summed E-state index contributed by atoms with van der Waals surface area (Å²) >= 11 is 0. The third kappa shape index (κ3) is 3.77. The van der Waals surface area contributed by atoms with E-state index in [1.165, 1.54) is 5.56 Å². The van der Waals surface area contributed by atoms with Gasteiger partial charge in [-0.1, -0.05) is 30.3 Å². The van der Waals surface area contributed by atoms with E-state index < -0.39 is 0 Å². The number of morpholine rings is 1. The molecule has 8 nitrogen and oxygen atoms in total. The first-order valence-electron chi connectivity index (χ1n) is 10.3. The van der Waals surface area contributed by atoms with E-state index in [0.717, 1.165) is 81.8 Å². The normalized spacial score (nSPS) is 18.5. The van der Waals surface area contributed by atoms with E-state index in [9.17, 15) is 0 Å². The van der Waals surface area contributed by atoms with Gasteiger partial charge in [0.2, 0.25) is 5.95 Å². The van der Waals surface area contributed by atoms with Crippen molar-refractivity contribution in [1.82, 2.24) is 24.6 Å². The number of benzene rings is 1. The van der Waals surface area contributed by atoms with Gasteiger partial charge in [-0.25, -0.2) is 0 Å². The fourth-order valence-corrected chi connectivity index (χ4v) is 4.10. The number of anilines is 2. The molecule has 4 heterocycles. The molecule has 8 heteroatoms. The van der Waals surface area contributed by atoms with Crippen molar-refractivity contribution in [3.63, 3.8) is 0 Å². The van der Waals surface area contributed by atoms with E-state index in [2.05, 4.69) is 50.1 Å². The van der Waals surface area contributed by atoms with Crippen molar-refractivity contribution in [3.8, 4) is 0 Å². The molecule has 0 spiro atoms. The molecule has 2 saturated heterocycles. The summed E-state index contributed by atoms with van der Waals surface area (Å²) in [7, 11) is 1.94. The van der Waals surface area contributed by atoms with Crippen molar-refractivity contribution in [1.29, 1.82) is 0 Å². The standard InChI is InChI=1S/C21H27N7O/c1-25-19-18(15-22-25)20(27-11-13-29-14-12-27)24-21(23-19)28-9-7-26(8-10-28)16-17-5-3-2-4-6-17/h2-6,15H,7-14,16H2,1H3. The molecule has 5 rings (SSSR count). The predicted octanol–water partition coefficient (Wildman–Crippen LogP) is 1.52. The molecule has 0 saturated carbocycles. The van der Waals surface area contributed by atoms with Gasteiger partial charge >= 0.3 is 0 Å². The lowest BCUT2D eigenvalue weighted by Gasteiger charge is -2.35. The molecule has 152 valence electrons. The maximum atomic E-state index is 5.52. The van der Waals surface area contributed by atoms with Gasteiger partial charge < -0.3 is 14.5 Å². The van der Waals surface area contributed by atoms with E-state index in [-0.39, 0.29) is 0 Å². The summed E-state index contributed by atoms with van der Waals surface area (Å²) in [6.07, 6.45) is 1.88. The zero-order valence-electron chi connectivity index (χ0n) is 16.9. The molecule has 1 aromatic carbocycles. The summed E-state index contributed by atoms with van der Waals surface area (Å²) < 4.78 is 7.37. The van der Waals surface area contributed by atoms with Crippen molar-refractivity contribution in [2.45, 2.75) is 6.54 Å². The first-order valence-corrected chi connectivity index (χ1v) is 10.3. The number of piperazine rings is 1. The average Bonchev–Trinajstić information content (AvgIpc) is 3.16. The Kier molecular flexibility index (Phi) is 5.03. The molecule has 29 heavy (non-hydrogen) atoms. The number of rotatable bonds is 4. The number of aromatic nitrogens is 4. The van der Waals surface area contributed by atoms with Crippen LogP contribution >= 0.6 is 0 Å². The lowest BCUT2D eigenvalue weighted by molar-refractivity contribution is 0.122. The monoisotopic (exact) mass is 393 g/mol. The summed E-state index contributed by atoms with van der Waals surface area (Å²) in [5.74, 6) is 1.79. The van der Waals surface area contributed by atoms with Crippen LogP contribution in [0, 0.1) is 0 Å². The van der Waals surface area contributed by atoms with Crippen LogP contribution in [0.2, 0.25) is 0 Å². The quantitative estimate of drug-likeness (QED) is 0.666. The molecule has 0 atom stereocenters. The van der Waals surface area contributed by atoms with E-state index in [4.69, 9.17) is 14.7 Å². The molecule has 3 aromatic rings. The van der Waals surface area contributed by atoms with Crippen LogP contribution < -0.4 is 9.80 Å². The van der Waals surface area contributed by atoms with Gasteiger partial charge in [-0.3, -0.25) is 9.58 Å². The topological polar surface area (TPSA) is 62.6 Å². The Balaban J connectivity index is 1.36. The number of aryl methyl sites for hydroxylation is 1. The minimum Gasteiger partial charge on any atom is -0.378 e. The van der Waals surface area contributed by atoms with Crippen LogP contribution in [-0.4, -0.2) is 77.1 Å². The largest absolute Gasteiger partial charge is 0.378 e. The Morgan fingerprint density at radius 2 is 1.66 bits per heavy atom. The second kappa shape index (κ2) is 7.96. The van der Waals surface area contributed by atoms with Crippen LogP contribution in [0.15, 0.2) is 36.5 Å². The van der Waals surface area contributed by atoms with Gasteiger partial charge in [0, 0.05) is 52.9 Å². The molecule has 0 amide bonds. The molecule has 0 unspecified atom stereocenters. The second-order valence-electron chi connectivity index (χ2n) is 7.70. The minimum atomic E-state index is 0.735. The maximum Gasteiger partial charge on any atom is 0.229 e. The van der Waals surface area contributed by atoms with E-state index in [0.29, 0.717) is 0 Å². The Morgan fingerprint density at radius 3 is 2.41 bits per heavy atom. The summed E-state index contributed by atoms with van der Waals surface area (Å²) in [5.41, 5.74) is 2.26. The van der Waals surface area contributed by atoms with Crippen molar-refractivity contribution in [2.75, 3.05) is 62.3 Å². The van der Waals surface area contributed by atoms with Crippen molar-refractivity contribution in [2.24, 2.45) is 7.05 Å². The van der Waals surface area contributed by atoms with Gasteiger partial charge in [0.25, 0.3) is 0 Å². The summed E-state index contributed by atoms with van der Waals surface area (Å²) in [4.78, 5) is 16.9. The van der Waals surface area contributed by atoms with Crippen molar-refractivity contribution < 1.29 is 4.74 Å². The molecule has 2 aliphatic heterocycles. The molecule has 0 radical (unpaired) electrons. The molecule has 2 aliphatic rings. The van der Waals surface area contributed by atoms with Gasteiger partial charge in [0.1, 0.15) is 5.82 Å². The summed E-state index contributed by atoms with van der Waals surface area (Å²) in [6, 6.07) is 10.7. The lowest BCUT2D eigenvalue weighted by Crippen LogP contribution is -2.46. The Labute approximate surface area is 170 Å². The molecule has 2 fully saturated rings. The zero-order valence-corrected chi connectivity index (χ0v) is 16.9. The third-order valence-electron chi connectivity index (χ3n) is 5.77. The van der Waals surface area contributed by atoms with E-state index in [1.54, 1.807) is 0 Å².